The topological polar surface area (TPSA) is 12.9 Å². The Kier molecular flexibility index (Phi) is 4.30. The van der Waals surface area contributed by atoms with E-state index in [1.165, 1.54) is 27.6 Å². The zero-order chi connectivity index (χ0) is 17.1. The summed E-state index contributed by atoms with van der Waals surface area (Å²) in [5, 5.41) is 1.24. The second-order valence-electron chi connectivity index (χ2n) is 6.41. The molecular formula is C24H20N. The standard InChI is InChI=1S/C24H20N/c1-18-15-22(23-9-5-6-10-24(23)25-18)17-21-13-11-20(12-14-21)16-19-7-3-2-4-8-19/h2-16H,17H2,1H3. The van der Waals surface area contributed by atoms with Crippen LogP contribution in [0, 0.1) is 13.3 Å². The maximum Gasteiger partial charge on any atom is 0.0708 e. The fraction of sp³-hybridized carbons (Fsp3) is 0.0833. The lowest BCUT2D eigenvalue weighted by Crippen LogP contribution is -1.94. The third-order valence-electron chi connectivity index (χ3n) is 4.44. The van der Waals surface area contributed by atoms with E-state index in [1.54, 1.807) is 0 Å². The highest BCUT2D eigenvalue weighted by atomic mass is 14.7. The zero-order valence-corrected chi connectivity index (χ0v) is 14.3. The van der Waals surface area contributed by atoms with Crippen molar-refractivity contribution in [3.63, 3.8) is 0 Å². The molecule has 0 aliphatic heterocycles. The minimum Gasteiger partial charge on any atom is -0.253 e. The molecule has 0 fully saturated rings. The first kappa shape index (κ1) is 15.6. The highest BCUT2D eigenvalue weighted by molar-refractivity contribution is 5.82. The molecule has 0 atom stereocenters. The van der Waals surface area contributed by atoms with Gasteiger partial charge in [0.1, 0.15) is 0 Å². The number of aryl methyl sites for hydroxylation is 1. The number of aromatic nitrogens is 1. The number of hydrogen-bond acceptors (Lipinski definition) is 1. The normalized spacial score (nSPS) is 10.9. The molecule has 3 aromatic carbocycles. The number of fused-ring (bicyclic) bond motifs is 1. The Morgan fingerprint density at radius 2 is 1.44 bits per heavy atom. The van der Waals surface area contributed by atoms with Crippen LogP contribution in [-0.2, 0) is 6.42 Å². The first-order valence-corrected chi connectivity index (χ1v) is 8.62. The molecule has 0 aliphatic rings. The van der Waals surface area contributed by atoms with Gasteiger partial charge in [-0.25, -0.2) is 0 Å². The minimum atomic E-state index is 0.926. The third-order valence-corrected chi connectivity index (χ3v) is 4.44. The van der Waals surface area contributed by atoms with Crippen LogP contribution >= 0.6 is 0 Å². The van der Waals surface area contributed by atoms with E-state index in [-0.39, 0.29) is 0 Å². The number of pyridine rings is 1. The average Bonchev–Trinajstić information content (AvgIpc) is 2.64. The maximum absolute atomic E-state index is 4.63. The van der Waals surface area contributed by atoms with E-state index < -0.39 is 0 Å². The van der Waals surface area contributed by atoms with Gasteiger partial charge in [-0.3, -0.25) is 4.98 Å². The van der Waals surface area contributed by atoms with Crippen molar-refractivity contribution >= 4 is 10.9 Å². The van der Waals surface area contributed by atoms with E-state index in [0.29, 0.717) is 0 Å². The van der Waals surface area contributed by atoms with E-state index in [4.69, 9.17) is 0 Å². The monoisotopic (exact) mass is 322 g/mol. The Balaban J connectivity index is 1.58. The molecule has 0 saturated heterocycles. The molecular weight excluding hydrogens is 302 g/mol. The number of para-hydroxylation sites is 1. The molecule has 0 spiro atoms. The lowest BCUT2D eigenvalue weighted by Gasteiger charge is -2.09. The molecule has 4 aromatic rings. The molecule has 0 bridgehead atoms. The predicted octanol–water partition coefficient (Wildman–Crippen LogP) is 5.73. The van der Waals surface area contributed by atoms with Crippen molar-refractivity contribution < 1.29 is 0 Å². The predicted molar refractivity (Wildman–Crippen MR) is 105 cm³/mol. The number of benzene rings is 3. The summed E-state index contributed by atoms with van der Waals surface area (Å²) in [5.41, 5.74) is 7.26. The second-order valence-corrected chi connectivity index (χ2v) is 6.41. The number of rotatable bonds is 4. The number of nitrogens with zero attached hydrogens (tertiary/aromatic N) is 1. The van der Waals surface area contributed by atoms with Gasteiger partial charge >= 0.3 is 0 Å². The van der Waals surface area contributed by atoms with Gasteiger partial charge in [-0.15, -0.1) is 0 Å². The van der Waals surface area contributed by atoms with E-state index in [2.05, 4.69) is 91.1 Å². The molecule has 4 rings (SSSR count). The van der Waals surface area contributed by atoms with Crippen LogP contribution in [0.5, 0.6) is 0 Å². The highest BCUT2D eigenvalue weighted by Crippen LogP contribution is 2.22. The molecule has 1 nitrogen and oxygen atoms in total. The van der Waals surface area contributed by atoms with Crippen LogP contribution in [-0.4, -0.2) is 4.98 Å². The van der Waals surface area contributed by atoms with Crippen LogP contribution < -0.4 is 0 Å². The molecule has 1 radical (unpaired) electrons. The van der Waals surface area contributed by atoms with E-state index >= 15 is 0 Å². The summed E-state index contributed by atoms with van der Waals surface area (Å²) in [6, 6.07) is 29.8. The van der Waals surface area contributed by atoms with E-state index in [9.17, 15) is 0 Å². The van der Waals surface area contributed by atoms with Crippen molar-refractivity contribution in [2.24, 2.45) is 0 Å². The van der Waals surface area contributed by atoms with Gasteiger partial charge in [0.2, 0.25) is 0 Å². The Hall–Kier alpha value is -2.93. The van der Waals surface area contributed by atoms with Gasteiger partial charge in [0.15, 0.2) is 0 Å². The fourth-order valence-electron chi connectivity index (χ4n) is 3.23. The smallest absolute Gasteiger partial charge is 0.0708 e. The molecule has 121 valence electrons. The third kappa shape index (κ3) is 3.61. The van der Waals surface area contributed by atoms with Crippen LogP contribution in [0.1, 0.15) is 27.9 Å². The van der Waals surface area contributed by atoms with Crippen molar-refractivity contribution in [2.75, 3.05) is 0 Å². The van der Waals surface area contributed by atoms with Crippen molar-refractivity contribution in [3.05, 3.63) is 119 Å². The fourth-order valence-corrected chi connectivity index (χ4v) is 3.23. The molecule has 0 amide bonds. The van der Waals surface area contributed by atoms with Gasteiger partial charge in [-0.05, 0) is 47.7 Å². The van der Waals surface area contributed by atoms with Gasteiger partial charge in [0.25, 0.3) is 0 Å². The van der Waals surface area contributed by atoms with Crippen molar-refractivity contribution in [1.29, 1.82) is 0 Å². The maximum atomic E-state index is 4.63. The van der Waals surface area contributed by atoms with Gasteiger partial charge < -0.3 is 0 Å². The summed E-state index contributed by atoms with van der Waals surface area (Å²) in [6.07, 6.45) is 3.13. The Bertz CT molecular complexity index is 985. The summed E-state index contributed by atoms with van der Waals surface area (Å²) in [4.78, 5) is 4.63. The molecule has 25 heavy (non-hydrogen) atoms. The number of hydrogen-bond donors (Lipinski definition) is 0. The van der Waals surface area contributed by atoms with E-state index in [0.717, 1.165) is 17.6 Å². The Morgan fingerprint density at radius 1 is 0.760 bits per heavy atom. The summed E-state index contributed by atoms with van der Waals surface area (Å²) < 4.78 is 0. The van der Waals surface area contributed by atoms with Gasteiger partial charge in [0, 0.05) is 17.5 Å². The molecule has 0 N–H and O–H groups in total. The molecule has 1 heterocycles. The summed E-state index contributed by atoms with van der Waals surface area (Å²) >= 11 is 0. The molecule has 0 unspecified atom stereocenters. The molecule has 1 heteroatoms. The average molecular weight is 322 g/mol. The largest absolute Gasteiger partial charge is 0.253 e. The molecule has 1 aromatic heterocycles. The summed E-state index contributed by atoms with van der Waals surface area (Å²) in [7, 11) is 0. The van der Waals surface area contributed by atoms with Gasteiger partial charge in [-0.1, -0.05) is 72.8 Å². The van der Waals surface area contributed by atoms with Crippen LogP contribution in [0.4, 0.5) is 0 Å². The Morgan fingerprint density at radius 3 is 2.24 bits per heavy atom. The second kappa shape index (κ2) is 6.90. The van der Waals surface area contributed by atoms with Crippen molar-refractivity contribution in [3.8, 4) is 0 Å². The van der Waals surface area contributed by atoms with Crippen LogP contribution in [0.25, 0.3) is 10.9 Å². The van der Waals surface area contributed by atoms with E-state index in [1.807, 2.05) is 12.1 Å². The van der Waals surface area contributed by atoms with Crippen LogP contribution in [0.15, 0.2) is 84.9 Å². The SMILES string of the molecule is Cc1cc(Cc2ccc([CH]c3ccccc3)cc2)c2ccccc2n1. The van der Waals surface area contributed by atoms with Crippen molar-refractivity contribution in [2.45, 2.75) is 13.3 Å². The van der Waals surface area contributed by atoms with Crippen molar-refractivity contribution in [1.82, 2.24) is 4.98 Å². The Labute approximate surface area is 149 Å². The minimum absolute atomic E-state index is 0.926. The lowest BCUT2D eigenvalue weighted by atomic mass is 9.98. The quantitative estimate of drug-likeness (QED) is 0.467. The first-order chi connectivity index (χ1) is 12.3. The van der Waals surface area contributed by atoms with Crippen LogP contribution in [0.3, 0.4) is 0 Å². The van der Waals surface area contributed by atoms with Gasteiger partial charge in [0.05, 0.1) is 5.52 Å². The van der Waals surface area contributed by atoms with Gasteiger partial charge in [-0.2, -0.15) is 0 Å². The zero-order valence-electron chi connectivity index (χ0n) is 14.3. The lowest BCUT2D eigenvalue weighted by molar-refractivity contribution is 1.16. The molecule has 0 saturated carbocycles. The highest BCUT2D eigenvalue weighted by Gasteiger charge is 2.05. The molecule has 0 aliphatic carbocycles. The summed E-state index contributed by atoms with van der Waals surface area (Å²) in [5.74, 6) is 0. The first-order valence-electron chi connectivity index (χ1n) is 8.62. The van der Waals surface area contributed by atoms with Crippen LogP contribution in [0.2, 0.25) is 0 Å². The summed E-state index contributed by atoms with van der Waals surface area (Å²) in [6.45, 7) is 2.06.